The van der Waals surface area contributed by atoms with E-state index in [-0.39, 0.29) is 17.7 Å². The SMILES string of the molecule is Cc1ccc(-n2nnnc2SCC(=O)NC(C)c2cccc3ccccc23)cc1C. The van der Waals surface area contributed by atoms with E-state index in [9.17, 15) is 4.79 Å². The second-order valence-electron chi connectivity index (χ2n) is 7.29. The average Bonchev–Trinajstić information content (AvgIpc) is 3.22. The molecule has 0 saturated heterocycles. The number of rotatable bonds is 6. The quantitative estimate of drug-likeness (QED) is 0.471. The van der Waals surface area contributed by atoms with Gasteiger partial charge < -0.3 is 5.32 Å². The fraction of sp³-hybridized carbons (Fsp3) is 0.217. The molecule has 1 heterocycles. The number of amides is 1. The van der Waals surface area contributed by atoms with Crippen LogP contribution in [-0.2, 0) is 4.79 Å². The zero-order valence-electron chi connectivity index (χ0n) is 17.2. The van der Waals surface area contributed by atoms with Crippen molar-refractivity contribution in [1.29, 1.82) is 0 Å². The van der Waals surface area contributed by atoms with Crippen molar-refractivity contribution in [3.05, 3.63) is 77.4 Å². The Morgan fingerprint density at radius 2 is 1.87 bits per heavy atom. The van der Waals surface area contributed by atoms with Crippen LogP contribution in [-0.4, -0.2) is 31.9 Å². The number of nitrogens with zero attached hydrogens (tertiary/aromatic N) is 4. The molecule has 1 unspecified atom stereocenters. The van der Waals surface area contributed by atoms with Gasteiger partial charge in [-0.3, -0.25) is 4.79 Å². The van der Waals surface area contributed by atoms with Gasteiger partial charge in [0.2, 0.25) is 11.1 Å². The molecule has 30 heavy (non-hydrogen) atoms. The van der Waals surface area contributed by atoms with Crippen molar-refractivity contribution in [1.82, 2.24) is 25.5 Å². The van der Waals surface area contributed by atoms with Crippen molar-refractivity contribution in [2.75, 3.05) is 5.75 Å². The monoisotopic (exact) mass is 417 g/mol. The molecule has 152 valence electrons. The van der Waals surface area contributed by atoms with E-state index in [4.69, 9.17) is 0 Å². The van der Waals surface area contributed by atoms with E-state index in [1.807, 2.05) is 43.3 Å². The largest absolute Gasteiger partial charge is 0.349 e. The van der Waals surface area contributed by atoms with Crippen LogP contribution in [0.2, 0.25) is 0 Å². The Kier molecular flexibility index (Phi) is 5.81. The Morgan fingerprint density at radius 1 is 1.07 bits per heavy atom. The molecule has 4 rings (SSSR count). The number of hydrogen-bond donors (Lipinski definition) is 1. The number of thioether (sulfide) groups is 1. The summed E-state index contributed by atoms with van der Waals surface area (Å²) in [6.45, 7) is 6.12. The van der Waals surface area contributed by atoms with E-state index in [2.05, 4.69) is 59.0 Å². The summed E-state index contributed by atoms with van der Waals surface area (Å²) in [5.74, 6) is 0.176. The standard InChI is InChI=1S/C23H23N5OS/c1-15-11-12-19(13-16(15)2)28-23(25-26-27-28)30-14-22(29)24-17(3)20-10-6-8-18-7-4-5-9-21(18)20/h4-13,17H,14H2,1-3H3,(H,24,29). The fourth-order valence-electron chi connectivity index (χ4n) is 3.41. The maximum Gasteiger partial charge on any atom is 0.230 e. The fourth-order valence-corrected chi connectivity index (χ4v) is 4.11. The molecule has 1 aromatic heterocycles. The number of tetrazole rings is 1. The number of aromatic nitrogens is 4. The lowest BCUT2D eigenvalue weighted by Gasteiger charge is -2.16. The van der Waals surface area contributed by atoms with Crippen molar-refractivity contribution in [2.45, 2.75) is 32.0 Å². The number of benzene rings is 3. The first-order chi connectivity index (χ1) is 14.5. The molecule has 0 aliphatic rings. The van der Waals surface area contributed by atoms with Crippen LogP contribution in [0.15, 0.2) is 65.8 Å². The van der Waals surface area contributed by atoms with E-state index < -0.39 is 0 Å². The summed E-state index contributed by atoms with van der Waals surface area (Å²) in [5, 5.41) is 17.9. The molecular formula is C23H23N5OS. The van der Waals surface area contributed by atoms with Crippen LogP contribution in [0.25, 0.3) is 16.5 Å². The maximum absolute atomic E-state index is 12.6. The highest BCUT2D eigenvalue weighted by Gasteiger charge is 2.15. The van der Waals surface area contributed by atoms with Crippen LogP contribution in [0.4, 0.5) is 0 Å². The topological polar surface area (TPSA) is 72.7 Å². The molecular weight excluding hydrogens is 394 g/mol. The van der Waals surface area contributed by atoms with Gasteiger partial charge in [0.25, 0.3) is 0 Å². The lowest BCUT2D eigenvalue weighted by atomic mass is 10.00. The maximum atomic E-state index is 12.6. The minimum atomic E-state index is -0.0973. The molecule has 0 fully saturated rings. The third-order valence-corrected chi connectivity index (χ3v) is 6.09. The molecule has 4 aromatic rings. The molecule has 7 heteroatoms. The first-order valence-corrected chi connectivity index (χ1v) is 10.8. The molecule has 0 saturated carbocycles. The van der Waals surface area contributed by atoms with Crippen LogP contribution < -0.4 is 5.32 Å². The van der Waals surface area contributed by atoms with Gasteiger partial charge in [-0.2, -0.15) is 4.68 Å². The van der Waals surface area contributed by atoms with Crippen molar-refractivity contribution in [3.8, 4) is 5.69 Å². The summed E-state index contributed by atoms with van der Waals surface area (Å²) in [7, 11) is 0. The van der Waals surface area contributed by atoms with E-state index in [1.165, 1.54) is 22.9 Å². The molecule has 0 aliphatic carbocycles. The molecule has 1 amide bonds. The summed E-state index contributed by atoms with van der Waals surface area (Å²) in [4.78, 5) is 12.6. The molecule has 0 aliphatic heterocycles. The minimum absolute atomic E-state index is 0.0601. The second kappa shape index (κ2) is 8.67. The van der Waals surface area contributed by atoms with E-state index in [1.54, 1.807) is 4.68 Å². The molecule has 0 spiro atoms. The zero-order chi connectivity index (χ0) is 21.1. The zero-order valence-corrected chi connectivity index (χ0v) is 18.0. The van der Waals surface area contributed by atoms with Crippen LogP contribution in [0.3, 0.4) is 0 Å². The van der Waals surface area contributed by atoms with Gasteiger partial charge in [0.15, 0.2) is 0 Å². The summed E-state index contributed by atoms with van der Waals surface area (Å²) >= 11 is 1.32. The van der Waals surface area contributed by atoms with Gasteiger partial charge in [0.1, 0.15) is 0 Å². The van der Waals surface area contributed by atoms with E-state index in [0.29, 0.717) is 5.16 Å². The van der Waals surface area contributed by atoms with Crippen molar-refractivity contribution in [2.24, 2.45) is 0 Å². The number of hydrogen-bond acceptors (Lipinski definition) is 5. The van der Waals surface area contributed by atoms with Gasteiger partial charge >= 0.3 is 0 Å². The predicted octanol–water partition coefficient (Wildman–Crippen LogP) is 4.40. The molecule has 0 bridgehead atoms. The Labute approximate surface area is 179 Å². The number of fused-ring (bicyclic) bond motifs is 1. The van der Waals surface area contributed by atoms with Gasteiger partial charge in [-0.25, -0.2) is 0 Å². The molecule has 6 nitrogen and oxygen atoms in total. The van der Waals surface area contributed by atoms with E-state index in [0.717, 1.165) is 22.0 Å². The highest BCUT2D eigenvalue weighted by Crippen LogP contribution is 2.25. The van der Waals surface area contributed by atoms with Gasteiger partial charge in [-0.15, -0.1) is 5.10 Å². The summed E-state index contributed by atoms with van der Waals surface area (Å²) in [6, 6.07) is 20.3. The number of aryl methyl sites for hydroxylation is 2. The highest BCUT2D eigenvalue weighted by molar-refractivity contribution is 7.99. The van der Waals surface area contributed by atoms with Crippen LogP contribution in [0.1, 0.15) is 29.7 Å². The van der Waals surface area contributed by atoms with Gasteiger partial charge in [-0.05, 0) is 70.8 Å². The molecule has 1 N–H and O–H groups in total. The first-order valence-electron chi connectivity index (χ1n) is 9.79. The lowest BCUT2D eigenvalue weighted by Crippen LogP contribution is -2.28. The normalized spacial score (nSPS) is 12.1. The van der Waals surface area contributed by atoms with Crippen LogP contribution in [0.5, 0.6) is 0 Å². The van der Waals surface area contributed by atoms with Gasteiger partial charge in [-0.1, -0.05) is 60.3 Å². The third-order valence-electron chi connectivity index (χ3n) is 5.18. The summed E-state index contributed by atoms with van der Waals surface area (Å²) in [6.07, 6.45) is 0. The van der Waals surface area contributed by atoms with E-state index >= 15 is 0 Å². The first kappa shape index (κ1) is 20.1. The summed E-state index contributed by atoms with van der Waals surface area (Å²) < 4.78 is 1.67. The summed E-state index contributed by atoms with van der Waals surface area (Å²) in [5.41, 5.74) is 4.37. The Hall–Kier alpha value is -3.19. The average molecular weight is 418 g/mol. The second-order valence-corrected chi connectivity index (χ2v) is 8.23. The predicted molar refractivity (Wildman–Crippen MR) is 120 cm³/mol. The van der Waals surface area contributed by atoms with Crippen LogP contribution in [0, 0.1) is 13.8 Å². The number of nitrogens with one attached hydrogen (secondary N) is 1. The highest BCUT2D eigenvalue weighted by atomic mass is 32.2. The molecule has 1 atom stereocenters. The molecule has 0 radical (unpaired) electrons. The van der Waals surface area contributed by atoms with Gasteiger partial charge in [0, 0.05) is 0 Å². The third kappa shape index (κ3) is 4.21. The van der Waals surface area contributed by atoms with Crippen molar-refractivity contribution < 1.29 is 4.79 Å². The number of carbonyl (C=O) groups is 1. The van der Waals surface area contributed by atoms with Gasteiger partial charge in [0.05, 0.1) is 17.5 Å². The minimum Gasteiger partial charge on any atom is -0.349 e. The van der Waals surface area contributed by atoms with Crippen LogP contribution >= 0.6 is 11.8 Å². The lowest BCUT2D eigenvalue weighted by molar-refractivity contribution is -0.119. The number of carbonyl (C=O) groups excluding carboxylic acids is 1. The Morgan fingerprint density at radius 3 is 2.70 bits per heavy atom. The Bertz CT molecular complexity index is 1200. The molecule has 3 aromatic carbocycles. The Balaban J connectivity index is 1.43. The smallest absolute Gasteiger partial charge is 0.230 e. The van der Waals surface area contributed by atoms with Crippen molar-refractivity contribution >= 4 is 28.4 Å². The van der Waals surface area contributed by atoms with Crippen molar-refractivity contribution in [3.63, 3.8) is 0 Å².